The summed E-state index contributed by atoms with van der Waals surface area (Å²) in [6.45, 7) is 9.61. The van der Waals surface area contributed by atoms with Crippen molar-refractivity contribution in [2.45, 2.75) is 116 Å². The molecule has 2 bridgehead atoms. The second-order valence-corrected chi connectivity index (χ2v) is 14.8. The molecule has 0 radical (unpaired) electrons. The predicted molar refractivity (Wildman–Crippen MR) is 176 cm³/mol. The summed E-state index contributed by atoms with van der Waals surface area (Å²) < 4.78 is 42.3. The first kappa shape index (κ1) is 38.9. The molecule has 2 N–H and O–H groups in total. The Morgan fingerprint density at radius 1 is 0.827 bits per heavy atom. The van der Waals surface area contributed by atoms with Gasteiger partial charge in [-0.2, -0.15) is 0 Å². The zero-order valence-electron chi connectivity index (χ0n) is 30.5. The Kier molecular flexibility index (Phi) is 10.4. The standard InChI is InChI=1S/C37H46O15/c1-18-24(47-19(2)39)15-37(45)32(51-33(44)23-12-10-9-11-13-23)30-35(8,25(48-20(3)40)14-26-36(30,17-46-26)52-22(5)42)31(49-21(4)41)29(50-27(43)16-38)28(18)34(37,6)7/h9-13,24-26,29-32,38,45H,14-17H2,1-8H3/t24-,25-,26+,29+,30-,31-,32-,35+,36-,37+/m0/s1. The van der Waals surface area contributed by atoms with Crippen LogP contribution in [0.5, 0.6) is 0 Å². The lowest BCUT2D eigenvalue weighted by Crippen LogP contribution is -2.83. The average molecular weight is 731 g/mol. The van der Waals surface area contributed by atoms with Crippen molar-refractivity contribution < 1.29 is 72.1 Å². The van der Waals surface area contributed by atoms with E-state index in [4.69, 9.17) is 33.2 Å². The lowest BCUT2D eigenvalue weighted by Gasteiger charge is -2.69. The molecule has 1 saturated heterocycles. The van der Waals surface area contributed by atoms with Crippen LogP contribution in [0.3, 0.4) is 0 Å². The maximum Gasteiger partial charge on any atom is 0.338 e. The third-order valence-electron chi connectivity index (χ3n) is 11.4. The largest absolute Gasteiger partial charge is 0.462 e. The fraction of sp³-hybridized carbons (Fsp3) is 0.622. The van der Waals surface area contributed by atoms with E-state index in [0.717, 1.165) is 13.8 Å². The first-order valence-electron chi connectivity index (χ1n) is 17.1. The molecule has 5 rings (SSSR count). The molecule has 52 heavy (non-hydrogen) atoms. The number of fused-ring (bicyclic) bond motifs is 5. The van der Waals surface area contributed by atoms with Crippen LogP contribution >= 0.6 is 0 Å². The molecule has 0 amide bonds. The topological polar surface area (TPSA) is 207 Å². The summed E-state index contributed by atoms with van der Waals surface area (Å²) in [5.74, 6) is -6.54. The maximum atomic E-state index is 14.2. The van der Waals surface area contributed by atoms with E-state index in [1.807, 2.05) is 0 Å². The minimum absolute atomic E-state index is 0.105. The molecule has 3 fully saturated rings. The van der Waals surface area contributed by atoms with Gasteiger partial charge in [-0.1, -0.05) is 39.0 Å². The van der Waals surface area contributed by atoms with Crippen molar-refractivity contribution in [1.29, 1.82) is 0 Å². The number of esters is 6. The van der Waals surface area contributed by atoms with Crippen LogP contribution in [-0.2, 0) is 57.1 Å². The van der Waals surface area contributed by atoms with Gasteiger partial charge in [-0.25, -0.2) is 9.59 Å². The molecule has 1 aliphatic heterocycles. The molecular weight excluding hydrogens is 684 g/mol. The van der Waals surface area contributed by atoms with Gasteiger partial charge in [0.2, 0.25) is 0 Å². The molecule has 15 nitrogen and oxygen atoms in total. The molecular formula is C37H46O15. The van der Waals surface area contributed by atoms with Gasteiger partial charge < -0.3 is 43.4 Å². The van der Waals surface area contributed by atoms with E-state index in [1.165, 1.54) is 26.0 Å². The number of benzene rings is 1. The summed E-state index contributed by atoms with van der Waals surface area (Å²) in [6, 6.07) is 7.93. The van der Waals surface area contributed by atoms with E-state index in [1.54, 1.807) is 45.9 Å². The van der Waals surface area contributed by atoms with E-state index in [-0.39, 0.29) is 30.6 Å². The zero-order valence-corrected chi connectivity index (χ0v) is 30.5. The van der Waals surface area contributed by atoms with Crippen LogP contribution in [0.4, 0.5) is 0 Å². The predicted octanol–water partition coefficient (Wildman–Crippen LogP) is 2.13. The highest BCUT2D eigenvalue weighted by molar-refractivity contribution is 5.89. The number of carbonyl (C=O) groups is 6. The minimum Gasteiger partial charge on any atom is -0.462 e. The van der Waals surface area contributed by atoms with Crippen molar-refractivity contribution in [1.82, 2.24) is 0 Å². The van der Waals surface area contributed by atoms with Crippen molar-refractivity contribution >= 4 is 35.8 Å². The van der Waals surface area contributed by atoms with Gasteiger partial charge in [0, 0.05) is 46.0 Å². The highest BCUT2D eigenvalue weighted by Gasteiger charge is 2.79. The Hall–Kier alpha value is -4.34. The fourth-order valence-corrected chi connectivity index (χ4v) is 9.16. The van der Waals surface area contributed by atoms with Crippen LogP contribution in [0.2, 0.25) is 0 Å². The molecule has 1 heterocycles. The Bertz CT molecular complexity index is 1670. The molecule has 0 aromatic heterocycles. The van der Waals surface area contributed by atoms with E-state index < -0.39 is 107 Å². The molecule has 0 unspecified atom stereocenters. The maximum absolute atomic E-state index is 14.2. The van der Waals surface area contributed by atoms with Gasteiger partial charge in [0.05, 0.1) is 23.5 Å². The van der Waals surface area contributed by atoms with Crippen molar-refractivity contribution in [2.24, 2.45) is 16.7 Å². The highest BCUT2D eigenvalue weighted by Crippen LogP contribution is 2.66. The minimum atomic E-state index is -2.26. The highest BCUT2D eigenvalue weighted by atomic mass is 16.6. The number of aliphatic hydroxyl groups is 2. The Balaban J connectivity index is 1.96. The number of carbonyl (C=O) groups excluding carboxylic acids is 6. The normalized spacial score (nSPS) is 35.8. The molecule has 15 heteroatoms. The number of hydrogen-bond donors (Lipinski definition) is 2. The quantitative estimate of drug-likeness (QED) is 0.223. The summed E-state index contributed by atoms with van der Waals surface area (Å²) in [6.07, 6.45) is -8.91. The van der Waals surface area contributed by atoms with E-state index >= 15 is 0 Å². The summed E-state index contributed by atoms with van der Waals surface area (Å²) >= 11 is 0. The van der Waals surface area contributed by atoms with E-state index in [0.29, 0.717) is 5.57 Å². The number of aliphatic hydroxyl groups excluding tert-OH is 1. The van der Waals surface area contributed by atoms with Crippen LogP contribution in [0.15, 0.2) is 41.5 Å². The van der Waals surface area contributed by atoms with Crippen LogP contribution in [0, 0.1) is 16.7 Å². The van der Waals surface area contributed by atoms with Gasteiger partial charge in [-0.3, -0.25) is 19.2 Å². The van der Waals surface area contributed by atoms with Gasteiger partial charge >= 0.3 is 35.8 Å². The Morgan fingerprint density at radius 3 is 1.96 bits per heavy atom. The second kappa shape index (κ2) is 13.9. The van der Waals surface area contributed by atoms with Crippen molar-refractivity contribution in [3.05, 3.63) is 47.0 Å². The van der Waals surface area contributed by atoms with E-state index in [2.05, 4.69) is 0 Å². The van der Waals surface area contributed by atoms with Gasteiger partial charge in [-0.05, 0) is 30.2 Å². The summed E-state index contributed by atoms with van der Waals surface area (Å²) in [7, 11) is 0. The van der Waals surface area contributed by atoms with Gasteiger partial charge in [0.1, 0.15) is 36.6 Å². The van der Waals surface area contributed by atoms with Gasteiger partial charge in [0.15, 0.2) is 17.8 Å². The third kappa shape index (κ3) is 6.26. The fourth-order valence-electron chi connectivity index (χ4n) is 9.16. The third-order valence-corrected chi connectivity index (χ3v) is 11.4. The van der Waals surface area contributed by atoms with Crippen LogP contribution in [0.25, 0.3) is 0 Å². The van der Waals surface area contributed by atoms with Gasteiger partial charge in [-0.15, -0.1) is 0 Å². The molecule has 2 saturated carbocycles. The van der Waals surface area contributed by atoms with E-state index in [9.17, 15) is 39.0 Å². The molecule has 3 aliphatic carbocycles. The molecule has 1 aromatic rings. The lowest BCUT2D eigenvalue weighted by molar-refractivity contribution is -0.365. The molecule has 10 atom stereocenters. The average Bonchev–Trinajstić information content (AvgIpc) is 3.04. The van der Waals surface area contributed by atoms with Crippen molar-refractivity contribution in [3.63, 3.8) is 0 Å². The van der Waals surface area contributed by atoms with Crippen LogP contribution in [-0.4, -0.2) is 107 Å². The van der Waals surface area contributed by atoms with Crippen molar-refractivity contribution in [3.8, 4) is 0 Å². The Morgan fingerprint density at radius 2 is 1.44 bits per heavy atom. The molecule has 284 valence electrons. The Labute approximate surface area is 300 Å². The van der Waals surface area contributed by atoms with Crippen LogP contribution < -0.4 is 0 Å². The van der Waals surface area contributed by atoms with Gasteiger partial charge in [0.25, 0.3) is 0 Å². The zero-order chi connectivity index (χ0) is 38.6. The first-order valence-corrected chi connectivity index (χ1v) is 17.1. The SMILES string of the molecule is CC(=O)O[C@H]1C[C@@]2(O)[C@@H](OC(=O)c3ccccc3)[C@@H]3[C@]4(OC(C)=O)CO[C@@H]4C[C@H](OC(C)=O)[C@@]3(C)[C@@H](OC(C)=O)[C@H](OC(=O)CO)C(=C1C)C2(C)C. The van der Waals surface area contributed by atoms with Crippen LogP contribution in [0.1, 0.15) is 78.6 Å². The number of rotatable bonds is 8. The monoisotopic (exact) mass is 730 g/mol. The smallest absolute Gasteiger partial charge is 0.338 e. The summed E-state index contributed by atoms with van der Waals surface area (Å²) in [5, 5.41) is 23.4. The van der Waals surface area contributed by atoms with Crippen molar-refractivity contribution in [2.75, 3.05) is 13.2 Å². The number of hydrogen-bond acceptors (Lipinski definition) is 15. The molecule has 1 aromatic carbocycles. The number of ether oxygens (including phenoxy) is 7. The molecule has 4 aliphatic rings. The lowest BCUT2D eigenvalue weighted by atomic mass is 9.44. The summed E-state index contributed by atoms with van der Waals surface area (Å²) in [5.41, 5.74) is -6.80. The summed E-state index contributed by atoms with van der Waals surface area (Å²) in [4.78, 5) is 78.8. The second-order valence-electron chi connectivity index (χ2n) is 14.8. The molecule has 0 spiro atoms. The first-order chi connectivity index (χ1) is 24.2.